The van der Waals surface area contributed by atoms with E-state index in [9.17, 15) is 0 Å². The minimum Gasteiger partial charge on any atom is -0.467 e. The lowest BCUT2D eigenvalue weighted by Crippen LogP contribution is -2.01. The van der Waals surface area contributed by atoms with E-state index in [1.165, 1.54) is 11.3 Å². The number of imidazole rings is 1. The Morgan fingerprint density at radius 1 is 1.19 bits per heavy atom. The molecule has 4 heterocycles. The maximum absolute atomic E-state index is 6.05. The van der Waals surface area contributed by atoms with Crippen LogP contribution in [0.2, 0.25) is 4.34 Å². The summed E-state index contributed by atoms with van der Waals surface area (Å²) in [4.78, 5) is 10.2. The van der Waals surface area contributed by atoms with E-state index in [2.05, 4.69) is 14.5 Å². The fraction of sp³-hybridized carbons (Fsp3) is 0.0667. The Morgan fingerprint density at radius 3 is 2.90 bits per heavy atom. The maximum Gasteiger partial charge on any atom is 0.160 e. The van der Waals surface area contributed by atoms with Crippen molar-refractivity contribution in [3.05, 3.63) is 59.0 Å². The average molecular weight is 316 g/mol. The third kappa shape index (κ3) is 2.24. The average Bonchev–Trinajstić information content (AvgIpc) is 3.20. The van der Waals surface area contributed by atoms with Gasteiger partial charge in [0.05, 0.1) is 22.0 Å². The van der Waals surface area contributed by atoms with Crippen LogP contribution in [-0.2, 0) is 6.54 Å². The molecule has 0 aromatic carbocycles. The normalized spacial score (nSPS) is 11.3. The smallest absolute Gasteiger partial charge is 0.160 e. The summed E-state index contributed by atoms with van der Waals surface area (Å²) >= 11 is 7.56. The molecule has 0 fully saturated rings. The molecule has 4 aromatic rings. The van der Waals surface area contributed by atoms with Gasteiger partial charge in [0.15, 0.2) is 11.5 Å². The van der Waals surface area contributed by atoms with Crippen LogP contribution in [-0.4, -0.2) is 14.5 Å². The first kappa shape index (κ1) is 12.6. The number of rotatable bonds is 3. The zero-order valence-corrected chi connectivity index (χ0v) is 12.4. The molecule has 21 heavy (non-hydrogen) atoms. The zero-order chi connectivity index (χ0) is 14.2. The molecule has 0 amide bonds. The fourth-order valence-electron chi connectivity index (χ4n) is 2.29. The van der Waals surface area contributed by atoms with E-state index in [4.69, 9.17) is 16.0 Å². The van der Waals surface area contributed by atoms with Crippen molar-refractivity contribution in [2.24, 2.45) is 0 Å². The van der Waals surface area contributed by atoms with Gasteiger partial charge in [-0.3, -0.25) is 0 Å². The van der Waals surface area contributed by atoms with E-state index in [0.29, 0.717) is 6.54 Å². The molecule has 0 aliphatic rings. The van der Waals surface area contributed by atoms with Gasteiger partial charge in [-0.15, -0.1) is 11.3 Å². The highest BCUT2D eigenvalue weighted by Gasteiger charge is 2.16. The number of furan rings is 1. The van der Waals surface area contributed by atoms with Gasteiger partial charge in [-0.1, -0.05) is 11.6 Å². The zero-order valence-electron chi connectivity index (χ0n) is 10.9. The van der Waals surface area contributed by atoms with Crippen LogP contribution in [0.5, 0.6) is 0 Å². The molecule has 4 aromatic heterocycles. The van der Waals surface area contributed by atoms with Gasteiger partial charge in [-0.25, -0.2) is 9.97 Å². The largest absolute Gasteiger partial charge is 0.467 e. The molecule has 4 nitrogen and oxygen atoms in total. The highest BCUT2D eigenvalue weighted by atomic mass is 35.5. The Bertz CT molecular complexity index is 895. The lowest BCUT2D eigenvalue weighted by molar-refractivity contribution is 0.497. The Balaban J connectivity index is 1.92. The van der Waals surface area contributed by atoms with Crippen molar-refractivity contribution < 1.29 is 4.42 Å². The summed E-state index contributed by atoms with van der Waals surface area (Å²) in [6, 6.07) is 11.5. The van der Waals surface area contributed by atoms with Crippen LogP contribution in [0.25, 0.3) is 21.9 Å². The summed E-state index contributed by atoms with van der Waals surface area (Å²) < 4.78 is 8.25. The standard InChI is InChI=1S/C15H10ClN3OS/c16-13-6-5-12(21-13)15-18-11-4-1-7-17-14(11)19(15)9-10-3-2-8-20-10/h1-8H,9H2. The van der Waals surface area contributed by atoms with E-state index in [1.54, 1.807) is 12.5 Å². The second-order valence-corrected chi connectivity index (χ2v) is 6.27. The summed E-state index contributed by atoms with van der Waals surface area (Å²) in [6.45, 7) is 0.589. The van der Waals surface area contributed by atoms with Crippen molar-refractivity contribution in [2.75, 3.05) is 0 Å². The highest BCUT2D eigenvalue weighted by molar-refractivity contribution is 7.19. The van der Waals surface area contributed by atoms with E-state index >= 15 is 0 Å². The predicted octanol–water partition coefficient (Wildman–Crippen LogP) is 4.45. The van der Waals surface area contributed by atoms with Crippen molar-refractivity contribution in [3.63, 3.8) is 0 Å². The van der Waals surface area contributed by atoms with Crippen molar-refractivity contribution in [2.45, 2.75) is 6.54 Å². The third-order valence-corrected chi connectivity index (χ3v) is 4.42. The second-order valence-electron chi connectivity index (χ2n) is 4.55. The van der Waals surface area contributed by atoms with Gasteiger partial charge in [-0.05, 0) is 36.4 Å². The van der Waals surface area contributed by atoms with Gasteiger partial charge >= 0.3 is 0 Å². The topological polar surface area (TPSA) is 43.9 Å². The molecule has 0 saturated heterocycles. The molecule has 0 bridgehead atoms. The molecule has 0 radical (unpaired) electrons. The number of halogens is 1. The molecule has 0 N–H and O–H groups in total. The summed E-state index contributed by atoms with van der Waals surface area (Å²) in [5.74, 6) is 1.72. The Kier molecular flexibility index (Phi) is 3.02. The molecule has 4 rings (SSSR count). The molecule has 0 aliphatic carbocycles. The van der Waals surface area contributed by atoms with Crippen LogP contribution in [0.3, 0.4) is 0 Å². The summed E-state index contributed by atoms with van der Waals surface area (Å²) in [6.07, 6.45) is 3.44. The van der Waals surface area contributed by atoms with Crippen molar-refractivity contribution in [1.29, 1.82) is 0 Å². The number of aromatic nitrogens is 3. The van der Waals surface area contributed by atoms with Crippen LogP contribution < -0.4 is 0 Å². The third-order valence-electron chi connectivity index (χ3n) is 3.19. The van der Waals surface area contributed by atoms with Gasteiger partial charge < -0.3 is 8.98 Å². The Morgan fingerprint density at radius 2 is 2.14 bits per heavy atom. The first-order chi connectivity index (χ1) is 10.3. The van der Waals surface area contributed by atoms with Gasteiger partial charge in [0.2, 0.25) is 0 Å². The fourth-order valence-corrected chi connectivity index (χ4v) is 3.33. The minimum absolute atomic E-state index is 0.589. The Hall–Kier alpha value is -2.11. The minimum atomic E-state index is 0.589. The SMILES string of the molecule is Clc1ccc(-c2nc3cccnc3n2Cc2ccco2)s1. The van der Waals surface area contributed by atoms with Crippen molar-refractivity contribution >= 4 is 34.1 Å². The van der Waals surface area contributed by atoms with Crippen LogP contribution in [0.4, 0.5) is 0 Å². The number of hydrogen-bond acceptors (Lipinski definition) is 4. The first-order valence-corrected chi connectivity index (χ1v) is 7.60. The lowest BCUT2D eigenvalue weighted by atomic mass is 10.4. The first-order valence-electron chi connectivity index (χ1n) is 6.40. The van der Waals surface area contributed by atoms with Crippen molar-refractivity contribution in [1.82, 2.24) is 14.5 Å². The quantitative estimate of drug-likeness (QED) is 0.561. The monoisotopic (exact) mass is 315 g/mol. The van der Waals surface area contributed by atoms with E-state index in [-0.39, 0.29) is 0 Å². The van der Waals surface area contributed by atoms with E-state index < -0.39 is 0 Å². The van der Waals surface area contributed by atoms with Crippen molar-refractivity contribution in [3.8, 4) is 10.7 Å². The molecular formula is C15H10ClN3OS. The van der Waals surface area contributed by atoms with Crippen LogP contribution in [0, 0.1) is 0 Å². The van der Waals surface area contributed by atoms with Gasteiger partial charge in [0.1, 0.15) is 11.3 Å². The number of thiophene rings is 1. The van der Waals surface area contributed by atoms with E-state index in [0.717, 1.165) is 32.0 Å². The predicted molar refractivity (Wildman–Crippen MR) is 83.7 cm³/mol. The summed E-state index contributed by atoms with van der Waals surface area (Å²) in [5, 5.41) is 0. The van der Waals surface area contributed by atoms with Crippen LogP contribution in [0.1, 0.15) is 5.76 Å². The Labute approximate surface area is 129 Å². The van der Waals surface area contributed by atoms with Gasteiger partial charge in [0.25, 0.3) is 0 Å². The lowest BCUT2D eigenvalue weighted by Gasteiger charge is -2.05. The summed E-state index contributed by atoms with van der Waals surface area (Å²) in [5.41, 5.74) is 1.71. The molecule has 6 heteroatoms. The van der Waals surface area contributed by atoms with Crippen LogP contribution in [0.15, 0.2) is 53.3 Å². The molecular weight excluding hydrogens is 306 g/mol. The number of hydrogen-bond donors (Lipinski definition) is 0. The number of pyridine rings is 1. The number of fused-ring (bicyclic) bond motifs is 1. The van der Waals surface area contributed by atoms with Crippen LogP contribution >= 0.6 is 22.9 Å². The second kappa shape index (κ2) is 5.02. The number of nitrogens with zero attached hydrogens (tertiary/aromatic N) is 3. The van der Waals surface area contributed by atoms with Gasteiger partial charge in [0, 0.05) is 6.20 Å². The van der Waals surface area contributed by atoms with E-state index in [1.807, 2.05) is 36.4 Å². The molecule has 0 atom stereocenters. The molecule has 0 aliphatic heterocycles. The highest BCUT2D eigenvalue weighted by Crippen LogP contribution is 2.32. The molecule has 0 spiro atoms. The summed E-state index contributed by atoms with van der Waals surface area (Å²) in [7, 11) is 0. The van der Waals surface area contributed by atoms with Gasteiger partial charge in [-0.2, -0.15) is 0 Å². The molecule has 0 unspecified atom stereocenters. The maximum atomic E-state index is 6.05. The molecule has 0 saturated carbocycles. The molecule has 104 valence electrons.